The van der Waals surface area contributed by atoms with Gasteiger partial charge in [-0.15, -0.1) is 0 Å². The number of hydrogen-bond donors (Lipinski definition) is 0. The zero-order valence-electron chi connectivity index (χ0n) is 10.6. The molecular formula is C14H25B. The minimum Gasteiger partial charge on any atom is -0.0902 e. The van der Waals surface area contributed by atoms with Gasteiger partial charge in [-0.05, 0) is 19.7 Å². The average Bonchev–Trinajstić information content (AvgIpc) is 2.15. The second-order valence-corrected chi connectivity index (χ2v) is 6.06. The SMILES string of the molecule is CC(C)=CC(C)B1C2CCCC1CCC2. The van der Waals surface area contributed by atoms with E-state index in [2.05, 4.69) is 26.8 Å². The quantitative estimate of drug-likeness (QED) is 0.441. The predicted molar refractivity (Wildman–Crippen MR) is 69.8 cm³/mol. The van der Waals surface area contributed by atoms with Crippen molar-refractivity contribution >= 4 is 6.71 Å². The molecule has 1 heteroatoms. The number of allylic oxidation sites excluding steroid dienone is 2. The minimum atomic E-state index is 0.825. The highest BCUT2D eigenvalue weighted by molar-refractivity contribution is 6.64. The normalized spacial score (nSPS) is 32.3. The van der Waals surface area contributed by atoms with Gasteiger partial charge in [-0.1, -0.05) is 68.7 Å². The molecule has 2 rings (SSSR count). The van der Waals surface area contributed by atoms with Gasteiger partial charge in [-0.3, -0.25) is 0 Å². The molecule has 0 aromatic heterocycles. The summed E-state index contributed by atoms with van der Waals surface area (Å²) in [6.45, 7) is 7.96. The summed E-state index contributed by atoms with van der Waals surface area (Å²) in [6.07, 6.45) is 11.6. The predicted octanol–water partition coefficient (Wildman–Crippen LogP) is 4.95. The molecule has 1 unspecified atom stereocenters. The van der Waals surface area contributed by atoms with Crippen LogP contribution in [0.25, 0.3) is 0 Å². The van der Waals surface area contributed by atoms with Gasteiger partial charge >= 0.3 is 0 Å². The van der Waals surface area contributed by atoms with Crippen LogP contribution in [0, 0.1) is 0 Å². The van der Waals surface area contributed by atoms with Crippen molar-refractivity contribution in [1.82, 2.24) is 0 Å². The molecule has 84 valence electrons. The second-order valence-electron chi connectivity index (χ2n) is 6.06. The molecule has 0 N–H and O–H groups in total. The first-order valence-corrected chi connectivity index (χ1v) is 6.83. The summed E-state index contributed by atoms with van der Waals surface area (Å²) in [7, 11) is 0. The Morgan fingerprint density at radius 2 is 1.53 bits per heavy atom. The summed E-state index contributed by atoms with van der Waals surface area (Å²) in [5.74, 6) is 2.94. The van der Waals surface area contributed by atoms with Gasteiger partial charge in [0.25, 0.3) is 0 Å². The van der Waals surface area contributed by atoms with Crippen LogP contribution in [0.2, 0.25) is 17.5 Å². The van der Waals surface area contributed by atoms with Crippen molar-refractivity contribution in [2.24, 2.45) is 0 Å². The molecule has 0 amide bonds. The lowest BCUT2D eigenvalue weighted by molar-refractivity contribution is 0.438. The monoisotopic (exact) mass is 204 g/mol. The van der Waals surface area contributed by atoms with Crippen molar-refractivity contribution < 1.29 is 0 Å². The number of rotatable bonds is 2. The van der Waals surface area contributed by atoms with Crippen molar-refractivity contribution in [2.75, 3.05) is 0 Å². The van der Waals surface area contributed by atoms with Crippen LogP contribution in [0.3, 0.4) is 0 Å². The van der Waals surface area contributed by atoms with E-state index in [1.54, 1.807) is 0 Å². The molecule has 2 heterocycles. The van der Waals surface area contributed by atoms with Crippen LogP contribution >= 0.6 is 0 Å². The lowest BCUT2D eigenvalue weighted by Crippen LogP contribution is -2.37. The highest BCUT2D eigenvalue weighted by atomic mass is 14.3. The lowest BCUT2D eigenvalue weighted by atomic mass is 9.22. The van der Waals surface area contributed by atoms with Crippen molar-refractivity contribution in [2.45, 2.75) is 76.7 Å². The van der Waals surface area contributed by atoms with Gasteiger partial charge in [-0.25, -0.2) is 0 Å². The first kappa shape index (κ1) is 11.3. The molecular weight excluding hydrogens is 179 g/mol. The fourth-order valence-corrected chi connectivity index (χ4v) is 4.22. The standard InChI is InChI=1S/C14H25B/c1-11(2)10-12(3)15-13-6-4-7-14(15)9-5-8-13/h10,12-14H,4-9H2,1-3H3. The van der Waals surface area contributed by atoms with E-state index in [4.69, 9.17) is 0 Å². The van der Waals surface area contributed by atoms with E-state index in [9.17, 15) is 0 Å². The summed E-state index contributed by atoms with van der Waals surface area (Å²) in [4.78, 5) is 0. The van der Waals surface area contributed by atoms with Crippen LogP contribution in [0.1, 0.15) is 59.3 Å². The van der Waals surface area contributed by atoms with E-state index in [-0.39, 0.29) is 0 Å². The lowest BCUT2D eigenvalue weighted by Gasteiger charge is -2.43. The molecule has 0 spiro atoms. The third kappa shape index (κ3) is 2.49. The van der Waals surface area contributed by atoms with Gasteiger partial charge in [-0.2, -0.15) is 0 Å². The van der Waals surface area contributed by atoms with E-state index in [0.29, 0.717) is 0 Å². The highest BCUT2D eigenvalue weighted by Crippen LogP contribution is 2.50. The van der Waals surface area contributed by atoms with Crippen LogP contribution in [-0.2, 0) is 0 Å². The maximum absolute atomic E-state index is 2.52. The molecule has 2 aliphatic heterocycles. The van der Waals surface area contributed by atoms with Crippen molar-refractivity contribution in [3.8, 4) is 0 Å². The van der Waals surface area contributed by atoms with Gasteiger partial charge in [0.2, 0.25) is 0 Å². The Balaban J connectivity index is 2.09. The second kappa shape index (κ2) is 4.76. The first-order chi connectivity index (χ1) is 7.18. The molecule has 1 atom stereocenters. The Bertz CT molecular complexity index is 218. The van der Waals surface area contributed by atoms with E-state index in [1.165, 1.54) is 44.1 Å². The van der Waals surface area contributed by atoms with E-state index in [1.807, 2.05) is 0 Å². The smallest absolute Gasteiger partial charge is 0.0902 e. The van der Waals surface area contributed by atoms with Crippen molar-refractivity contribution in [1.29, 1.82) is 0 Å². The number of hydrogen-bond acceptors (Lipinski definition) is 0. The van der Waals surface area contributed by atoms with Gasteiger partial charge < -0.3 is 0 Å². The van der Waals surface area contributed by atoms with Crippen LogP contribution in [0.15, 0.2) is 11.6 Å². The fraction of sp³-hybridized carbons (Fsp3) is 0.857. The van der Waals surface area contributed by atoms with Crippen molar-refractivity contribution in [3.63, 3.8) is 0 Å². The van der Waals surface area contributed by atoms with Crippen molar-refractivity contribution in [3.05, 3.63) is 11.6 Å². The summed E-state index contributed by atoms with van der Waals surface area (Å²) in [5, 5.41) is 0. The summed E-state index contributed by atoms with van der Waals surface area (Å²) in [5.41, 5.74) is 1.51. The Kier molecular flexibility index (Phi) is 3.58. The Labute approximate surface area is 95.6 Å². The molecule has 2 fully saturated rings. The highest BCUT2D eigenvalue weighted by Gasteiger charge is 2.41. The number of fused-ring (bicyclic) bond motifs is 2. The molecule has 2 aliphatic rings. The molecule has 2 saturated heterocycles. The van der Waals surface area contributed by atoms with Gasteiger partial charge in [0.05, 0.1) is 0 Å². The largest absolute Gasteiger partial charge is 0.153 e. The molecule has 15 heavy (non-hydrogen) atoms. The zero-order valence-corrected chi connectivity index (χ0v) is 10.6. The zero-order chi connectivity index (χ0) is 10.8. The molecule has 0 saturated carbocycles. The third-order valence-electron chi connectivity index (χ3n) is 4.59. The molecule has 2 bridgehead atoms. The van der Waals surface area contributed by atoms with Gasteiger partial charge in [0.15, 0.2) is 6.71 Å². The Morgan fingerprint density at radius 3 is 1.93 bits per heavy atom. The van der Waals surface area contributed by atoms with Gasteiger partial charge in [0, 0.05) is 0 Å². The Hall–Kier alpha value is -0.195. The van der Waals surface area contributed by atoms with Crippen LogP contribution in [0.5, 0.6) is 0 Å². The third-order valence-corrected chi connectivity index (χ3v) is 4.59. The van der Waals surface area contributed by atoms with Crippen LogP contribution in [0.4, 0.5) is 0 Å². The summed E-state index contributed by atoms with van der Waals surface area (Å²) >= 11 is 0. The average molecular weight is 204 g/mol. The topological polar surface area (TPSA) is 0 Å². The molecule has 0 aliphatic carbocycles. The van der Waals surface area contributed by atoms with Crippen LogP contribution in [-0.4, -0.2) is 6.71 Å². The van der Waals surface area contributed by atoms with E-state index >= 15 is 0 Å². The molecule has 0 aromatic rings. The maximum atomic E-state index is 2.52. The van der Waals surface area contributed by atoms with E-state index in [0.717, 1.165) is 24.2 Å². The maximum Gasteiger partial charge on any atom is 0.153 e. The molecule has 0 radical (unpaired) electrons. The molecule has 0 nitrogen and oxygen atoms in total. The first-order valence-electron chi connectivity index (χ1n) is 6.83. The molecule has 0 aromatic carbocycles. The van der Waals surface area contributed by atoms with E-state index < -0.39 is 0 Å². The van der Waals surface area contributed by atoms with Crippen LogP contribution < -0.4 is 0 Å². The fourth-order valence-electron chi connectivity index (χ4n) is 4.22. The Morgan fingerprint density at radius 1 is 1.07 bits per heavy atom. The summed E-state index contributed by atoms with van der Waals surface area (Å²) < 4.78 is 0. The van der Waals surface area contributed by atoms with Gasteiger partial charge in [0.1, 0.15) is 0 Å². The minimum absolute atomic E-state index is 0.825. The summed E-state index contributed by atoms with van der Waals surface area (Å²) in [6, 6.07) is 0.